The number of hydrogen-bond donors (Lipinski definition) is 3. The summed E-state index contributed by atoms with van der Waals surface area (Å²) in [7, 11) is 0. The van der Waals surface area contributed by atoms with Gasteiger partial charge in [-0.15, -0.1) is 5.10 Å². The number of aromatic nitrogens is 3. The molecule has 0 saturated heterocycles. The molecule has 3 rings (SSSR count). The lowest BCUT2D eigenvalue weighted by molar-refractivity contribution is 0.0506. The Labute approximate surface area is 128 Å². The second-order valence-electron chi connectivity index (χ2n) is 5.63. The number of nitrogens with one attached hydrogen (secondary N) is 2. The van der Waals surface area contributed by atoms with E-state index in [0.717, 1.165) is 31.4 Å². The van der Waals surface area contributed by atoms with Crippen molar-refractivity contribution in [3.05, 3.63) is 36.7 Å². The molecule has 1 heterocycles. The molecule has 0 aliphatic heterocycles. The number of urea groups is 1. The Morgan fingerprint density at radius 2 is 2.00 bits per heavy atom. The zero-order valence-electron chi connectivity index (χ0n) is 12.2. The van der Waals surface area contributed by atoms with Crippen LogP contribution in [-0.2, 0) is 0 Å². The van der Waals surface area contributed by atoms with Crippen molar-refractivity contribution in [2.45, 2.75) is 31.3 Å². The SMILES string of the molecule is O=C(NCC1(O)CCCC1)Nc1ccc(-n2ccnn2)cc1. The highest BCUT2D eigenvalue weighted by atomic mass is 16.3. The van der Waals surface area contributed by atoms with E-state index in [1.807, 2.05) is 12.1 Å². The molecule has 1 fully saturated rings. The van der Waals surface area contributed by atoms with Gasteiger partial charge in [-0.1, -0.05) is 18.1 Å². The largest absolute Gasteiger partial charge is 0.388 e. The van der Waals surface area contributed by atoms with Crippen LogP contribution >= 0.6 is 0 Å². The van der Waals surface area contributed by atoms with E-state index in [0.29, 0.717) is 5.69 Å². The van der Waals surface area contributed by atoms with E-state index < -0.39 is 5.60 Å². The van der Waals surface area contributed by atoms with Crippen LogP contribution in [0.15, 0.2) is 36.7 Å². The summed E-state index contributed by atoms with van der Waals surface area (Å²) in [5, 5.41) is 23.3. The number of aliphatic hydroxyl groups is 1. The predicted molar refractivity (Wildman–Crippen MR) is 81.8 cm³/mol. The molecular weight excluding hydrogens is 282 g/mol. The van der Waals surface area contributed by atoms with Crippen LogP contribution in [0.4, 0.5) is 10.5 Å². The number of rotatable bonds is 4. The second-order valence-corrected chi connectivity index (χ2v) is 5.63. The van der Waals surface area contributed by atoms with Gasteiger partial charge in [0.1, 0.15) is 0 Å². The Morgan fingerprint density at radius 1 is 1.27 bits per heavy atom. The molecular formula is C15H19N5O2. The molecule has 1 saturated carbocycles. The van der Waals surface area contributed by atoms with E-state index in [1.54, 1.807) is 29.2 Å². The fraction of sp³-hybridized carbons (Fsp3) is 0.400. The third-order valence-electron chi connectivity index (χ3n) is 3.92. The molecule has 1 aliphatic rings. The smallest absolute Gasteiger partial charge is 0.319 e. The molecule has 0 atom stereocenters. The number of benzene rings is 1. The molecule has 2 amide bonds. The Morgan fingerprint density at radius 3 is 2.64 bits per heavy atom. The van der Waals surface area contributed by atoms with Crippen molar-refractivity contribution in [2.75, 3.05) is 11.9 Å². The summed E-state index contributed by atoms with van der Waals surface area (Å²) < 4.78 is 1.64. The van der Waals surface area contributed by atoms with E-state index >= 15 is 0 Å². The minimum atomic E-state index is -0.742. The highest BCUT2D eigenvalue weighted by molar-refractivity contribution is 5.89. The summed E-state index contributed by atoms with van der Waals surface area (Å²) in [4.78, 5) is 11.9. The molecule has 0 spiro atoms. The number of hydrogen-bond acceptors (Lipinski definition) is 4. The van der Waals surface area contributed by atoms with Crippen LogP contribution in [0.3, 0.4) is 0 Å². The maximum Gasteiger partial charge on any atom is 0.319 e. The molecule has 0 radical (unpaired) electrons. The second kappa shape index (κ2) is 6.15. The molecule has 3 N–H and O–H groups in total. The van der Waals surface area contributed by atoms with Crippen LogP contribution in [0.1, 0.15) is 25.7 Å². The summed E-state index contributed by atoms with van der Waals surface area (Å²) in [6.45, 7) is 0.288. The third kappa shape index (κ3) is 3.43. The van der Waals surface area contributed by atoms with Crippen LogP contribution in [-0.4, -0.2) is 38.3 Å². The van der Waals surface area contributed by atoms with Crippen LogP contribution in [0.5, 0.6) is 0 Å². The zero-order valence-corrected chi connectivity index (χ0v) is 12.2. The Bertz CT molecular complexity index is 618. The van der Waals surface area contributed by atoms with Gasteiger partial charge in [-0.2, -0.15) is 0 Å². The van der Waals surface area contributed by atoms with Crippen molar-refractivity contribution in [2.24, 2.45) is 0 Å². The first-order valence-electron chi connectivity index (χ1n) is 7.39. The first-order chi connectivity index (χ1) is 10.6. The molecule has 7 heteroatoms. The van der Waals surface area contributed by atoms with E-state index in [-0.39, 0.29) is 12.6 Å². The van der Waals surface area contributed by atoms with Gasteiger partial charge in [0.05, 0.1) is 23.7 Å². The number of nitrogens with zero attached hydrogens (tertiary/aromatic N) is 3. The molecule has 0 bridgehead atoms. The molecule has 0 unspecified atom stereocenters. The van der Waals surface area contributed by atoms with Gasteiger partial charge in [0.2, 0.25) is 0 Å². The molecule has 7 nitrogen and oxygen atoms in total. The lowest BCUT2D eigenvalue weighted by Gasteiger charge is -2.22. The number of amides is 2. The molecule has 116 valence electrons. The number of carbonyl (C=O) groups is 1. The van der Waals surface area contributed by atoms with E-state index in [4.69, 9.17) is 0 Å². The topological polar surface area (TPSA) is 92.1 Å². The van der Waals surface area contributed by atoms with Crippen LogP contribution in [0.25, 0.3) is 5.69 Å². The molecule has 1 aromatic carbocycles. The van der Waals surface area contributed by atoms with E-state index in [1.165, 1.54) is 0 Å². The predicted octanol–water partition coefficient (Wildman–Crippen LogP) is 1.69. The summed E-state index contributed by atoms with van der Waals surface area (Å²) in [6.07, 6.45) is 6.89. The highest BCUT2D eigenvalue weighted by Crippen LogP contribution is 2.28. The summed E-state index contributed by atoms with van der Waals surface area (Å²) in [5.41, 5.74) is 0.803. The van der Waals surface area contributed by atoms with Crippen LogP contribution in [0, 0.1) is 0 Å². The molecule has 1 aliphatic carbocycles. The van der Waals surface area contributed by atoms with Crippen molar-refractivity contribution < 1.29 is 9.90 Å². The minimum absolute atomic E-state index is 0.288. The van der Waals surface area contributed by atoms with Gasteiger partial charge < -0.3 is 15.7 Å². The maximum atomic E-state index is 11.9. The van der Waals surface area contributed by atoms with Gasteiger partial charge in [-0.25, -0.2) is 9.48 Å². The molecule has 22 heavy (non-hydrogen) atoms. The minimum Gasteiger partial charge on any atom is -0.388 e. The monoisotopic (exact) mass is 301 g/mol. The molecule has 1 aromatic heterocycles. The average Bonchev–Trinajstić information content (AvgIpc) is 3.18. The van der Waals surface area contributed by atoms with E-state index in [9.17, 15) is 9.90 Å². The number of anilines is 1. The summed E-state index contributed by atoms with van der Waals surface area (Å²) in [5.74, 6) is 0. The first-order valence-corrected chi connectivity index (χ1v) is 7.39. The van der Waals surface area contributed by atoms with Crippen molar-refractivity contribution in [1.29, 1.82) is 0 Å². The maximum absolute atomic E-state index is 11.9. The van der Waals surface area contributed by atoms with Gasteiger partial charge in [0, 0.05) is 12.2 Å². The number of carbonyl (C=O) groups excluding carboxylic acids is 1. The van der Waals surface area contributed by atoms with Gasteiger partial charge in [0.15, 0.2) is 0 Å². The highest BCUT2D eigenvalue weighted by Gasteiger charge is 2.31. The van der Waals surface area contributed by atoms with Crippen LogP contribution in [0.2, 0.25) is 0 Å². The quantitative estimate of drug-likeness (QED) is 0.801. The van der Waals surface area contributed by atoms with E-state index in [2.05, 4.69) is 20.9 Å². The molecule has 2 aromatic rings. The average molecular weight is 301 g/mol. The lowest BCUT2D eigenvalue weighted by Crippen LogP contribution is -2.42. The van der Waals surface area contributed by atoms with Crippen LogP contribution < -0.4 is 10.6 Å². The normalized spacial score (nSPS) is 16.4. The lowest BCUT2D eigenvalue weighted by atomic mass is 10.0. The third-order valence-corrected chi connectivity index (χ3v) is 3.92. The van der Waals surface area contributed by atoms with Crippen molar-refractivity contribution in [3.8, 4) is 5.69 Å². The van der Waals surface area contributed by atoms with Crippen molar-refractivity contribution >= 4 is 11.7 Å². The summed E-state index contributed by atoms with van der Waals surface area (Å²) in [6, 6.07) is 6.96. The Balaban J connectivity index is 1.53. The van der Waals surface area contributed by atoms with Gasteiger partial charge in [-0.05, 0) is 37.1 Å². The standard InChI is InChI=1S/C15H19N5O2/c21-14(16-11-15(22)7-1-2-8-15)18-12-3-5-13(6-4-12)20-10-9-17-19-20/h3-6,9-10,22H,1-2,7-8,11H2,(H2,16,18,21). The fourth-order valence-electron chi connectivity index (χ4n) is 2.67. The summed E-state index contributed by atoms with van der Waals surface area (Å²) >= 11 is 0. The van der Waals surface area contributed by atoms with Gasteiger partial charge in [-0.3, -0.25) is 0 Å². The zero-order chi connectivity index (χ0) is 15.4. The van der Waals surface area contributed by atoms with Crippen molar-refractivity contribution in [1.82, 2.24) is 20.3 Å². The van der Waals surface area contributed by atoms with Crippen molar-refractivity contribution in [3.63, 3.8) is 0 Å². The first kappa shape index (κ1) is 14.5. The fourth-order valence-corrected chi connectivity index (χ4v) is 2.67. The Kier molecular flexibility index (Phi) is 4.06. The van der Waals surface area contributed by atoms with Gasteiger partial charge >= 0.3 is 6.03 Å². The Hall–Kier alpha value is -2.41. The van der Waals surface area contributed by atoms with Gasteiger partial charge in [0.25, 0.3) is 0 Å².